The summed E-state index contributed by atoms with van der Waals surface area (Å²) in [4.78, 5) is 19.1. The van der Waals surface area contributed by atoms with E-state index in [1.165, 1.54) is 6.07 Å². The van der Waals surface area contributed by atoms with Crippen molar-refractivity contribution in [3.8, 4) is 17.0 Å². The second-order valence-electron chi connectivity index (χ2n) is 7.07. The molecule has 0 fully saturated rings. The van der Waals surface area contributed by atoms with Crippen LogP contribution in [-0.4, -0.2) is 33.3 Å². The van der Waals surface area contributed by atoms with Crippen LogP contribution in [0.1, 0.15) is 33.0 Å². The summed E-state index contributed by atoms with van der Waals surface area (Å²) in [6.45, 7) is 7.60. The lowest BCUT2D eigenvalue weighted by molar-refractivity contribution is 0.168. The largest absolute Gasteiger partial charge is 0.490 e. The van der Waals surface area contributed by atoms with Crippen molar-refractivity contribution in [3.63, 3.8) is 0 Å². The van der Waals surface area contributed by atoms with Crippen LogP contribution < -0.4 is 10.1 Å². The second-order valence-corrected chi connectivity index (χ2v) is 7.07. The highest BCUT2D eigenvalue weighted by molar-refractivity contribution is 5.65. The molecule has 0 aliphatic carbocycles. The zero-order chi connectivity index (χ0) is 19.3. The number of nitrogens with zero attached hydrogens (tertiary/aromatic N) is 2. The minimum absolute atomic E-state index is 0.0421. The summed E-state index contributed by atoms with van der Waals surface area (Å²) in [6, 6.07) is 6.44. The summed E-state index contributed by atoms with van der Waals surface area (Å²) >= 11 is 0. The van der Waals surface area contributed by atoms with Gasteiger partial charge in [-0.05, 0) is 57.4 Å². The van der Waals surface area contributed by atoms with Gasteiger partial charge < -0.3 is 15.2 Å². The Balaban J connectivity index is 1.99. The van der Waals surface area contributed by atoms with Gasteiger partial charge in [-0.2, -0.15) is 0 Å². The van der Waals surface area contributed by atoms with E-state index in [9.17, 15) is 9.18 Å². The van der Waals surface area contributed by atoms with E-state index in [0.717, 1.165) is 0 Å². The maximum absolute atomic E-state index is 14.3. The maximum atomic E-state index is 14.3. The van der Waals surface area contributed by atoms with Crippen molar-refractivity contribution in [1.29, 1.82) is 0 Å². The Kier molecular flexibility index (Phi) is 6.13. The highest BCUT2D eigenvalue weighted by atomic mass is 19.1. The zero-order valence-corrected chi connectivity index (χ0v) is 15.4. The molecule has 0 radical (unpaired) electrons. The second kappa shape index (κ2) is 8.12. The Morgan fingerprint density at radius 2 is 2.12 bits per heavy atom. The molecule has 1 aromatic heterocycles. The van der Waals surface area contributed by atoms with Gasteiger partial charge in [0.15, 0.2) is 11.6 Å². The Morgan fingerprint density at radius 1 is 1.38 bits per heavy atom. The van der Waals surface area contributed by atoms with Gasteiger partial charge in [0.1, 0.15) is 5.82 Å². The first-order chi connectivity index (χ1) is 12.2. The predicted octanol–water partition coefficient (Wildman–Crippen LogP) is 4.04. The number of hydrogen-bond acceptors (Lipinski definition) is 4. The first-order valence-electron chi connectivity index (χ1n) is 8.40. The lowest BCUT2D eigenvalue weighted by atomic mass is 9.92. The number of rotatable bonds is 7. The summed E-state index contributed by atoms with van der Waals surface area (Å²) in [5, 5.41) is 11.3. The van der Waals surface area contributed by atoms with Gasteiger partial charge in [-0.1, -0.05) is 6.92 Å². The smallest absolute Gasteiger partial charge is 0.405 e. The monoisotopic (exact) mass is 361 g/mol. The molecule has 1 atom stereocenters. The van der Waals surface area contributed by atoms with Gasteiger partial charge in [0.05, 0.1) is 12.3 Å². The SMILES string of the molecule is Cc1nccc(-c2ccc(OC[C@@H](C)CC(C)(C)NC(=O)O)c(F)c2)n1. The molecule has 0 spiro atoms. The third-order valence-electron chi connectivity index (χ3n) is 3.83. The molecule has 0 bridgehead atoms. The fourth-order valence-electron chi connectivity index (χ4n) is 2.90. The van der Waals surface area contributed by atoms with E-state index in [4.69, 9.17) is 9.84 Å². The van der Waals surface area contributed by atoms with Crippen LogP contribution in [0.25, 0.3) is 11.3 Å². The number of aromatic nitrogens is 2. The molecule has 0 saturated carbocycles. The summed E-state index contributed by atoms with van der Waals surface area (Å²) in [5.74, 6) is 0.361. The Morgan fingerprint density at radius 3 is 2.73 bits per heavy atom. The van der Waals surface area contributed by atoms with Crippen LogP contribution in [0.5, 0.6) is 5.75 Å². The van der Waals surface area contributed by atoms with Crippen molar-refractivity contribution in [2.45, 2.75) is 39.7 Å². The van der Waals surface area contributed by atoms with Crippen molar-refractivity contribution >= 4 is 6.09 Å². The number of halogens is 1. The Bertz CT molecular complexity index is 780. The van der Waals surface area contributed by atoms with Crippen molar-refractivity contribution < 1.29 is 19.0 Å². The van der Waals surface area contributed by atoms with Gasteiger partial charge >= 0.3 is 6.09 Å². The van der Waals surface area contributed by atoms with Crippen LogP contribution in [0.3, 0.4) is 0 Å². The quantitative estimate of drug-likeness (QED) is 0.777. The summed E-state index contributed by atoms with van der Waals surface area (Å²) in [6.07, 6.45) is 1.14. The normalized spacial score (nSPS) is 12.5. The molecule has 0 unspecified atom stereocenters. The Labute approximate surface area is 152 Å². The first kappa shape index (κ1) is 19.6. The third-order valence-corrected chi connectivity index (χ3v) is 3.83. The molecule has 6 nitrogen and oxygen atoms in total. The van der Waals surface area contributed by atoms with Gasteiger partial charge in [-0.25, -0.2) is 19.2 Å². The van der Waals surface area contributed by atoms with Crippen LogP contribution in [0.4, 0.5) is 9.18 Å². The fourth-order valence-corrected chi connectivity index (χ4v) is 2.90. The van der Waals surface area contributed by atoms with E-state index >= 15 is 0 Å². The highest BCUT2D eigenvalue weighted by Crippen LogP contribution is 2.25. The molecule has 2 aromatic rings. The number of aryl methyl sites for hydroxylation is 1. The summed E-state index contributed by atoms with van der Waals surface area (Å²) in [7, 11) is 0. The molecule has 7 heteroatoms. The van der Waals surface area contributed by atoms with E-state index in [0.29, 0.717) is 23.5 Å². The molecular weight excluding hydrogens is 337 g/mol. The topological polar surface area (TPSA) is 84.3 Å². The molecule has 2 rings (SSSR count). The number of carbonyl (C=O) groups is 1. The third kappa shape index (κ3) is 5.68. The number of benzene rings is 1. The van der Waals surface area contributed by atoms with Crippen LogP contribution in [0, 0.1) is 18.7 Å². The minimum atomic E-state index is -1.07. The van der Waals surface area contributed by atoms with E-state index in [2.05, 4.69) is 15.3 Å². The van der Waals surface area contributed by atoms with Gasteiger partial charge in [0, 0.05) is 17.3 Å². The molecule has 1 amide bonds. The summed E-state index contributed by atoms with van der Waals surface area (Å²) < 4.78 is 19.9. The number of hydrogen-bond donors (Lipinski definition) is 2. The van der Waals surface area contributed by atoms with Crippen molar-refractivity contribution in [2.75, 3.05) is 6.61 Å². The molecule has 0 aliphatic rings. The number of ether oxygens (including phenoxy) is 1. The maximum Gasteiger partial charge on any atom is 0.405 e. The molecule has 0 aliphatic heterocycles. The molecule has 140 valence electrons. The molecule has 1 heterocycles. The minimum Gasteiger partial charge on any atom is -0.490 e. The first-order valence-corrected chi connectivity index (χ1v) is 8.40. The van der Waals surface area contributed by atoms with E-state index in [1.807, 2.05) is 6.92 Å². The molecular formula is C19H24FN3O3. The molecule has 26 heavy (non-hydrogen) atoms. The van der Waals surface area contributed by atoms with Gasteiger partial charge in [0.25, 0.3) is 0 Å². The van der Waals surface area contributed by atoms with Crippen LogP contribution in [0.15, 0.2) is 30.5 Å². The lowest BCUT2D eigenvalue weighted by Gasteiger charge is -2.28. The number of amides is 1. The average Bonchev–Trinajstić information content (AvgIpc) is 2.51. The molecule has 2 N–H and O–H groups in total. The Hall–Kier alpha value is -2.70. The lowest BCUT2D eigenvalue weighted by Crippen LogP contribution is -2.44. The molecule has 1 aromatic carbocycles. The van der Waals surface area contributed by atoms with Crippen LogP contribution in [0.2, 0.25) is 0 Å². The van der Waals surface area contributed by atoms with Crippen molar-refractivity contribution in [1.82, 2.24) is 15.3 Å². The van der Waals surface area contributed by atoms with Gasteiger partial charge in [-0.3, -0.25) is 0 Å². The van der Waals surface area contributed by atoms with E-state index < -0.39 is 17.4 Å². The van der Waals surface area contributed by atoms with Crippen molar-refractivity contribution in [3.05, 3.63) is 42.1 Å². The van der Waals surface area contributed by atoms with E-state index in [1.54, 1.807) is 45.2 Å². The average molecular weight is 361 g/mol. The van der Waals surface area contributed by atoms with Crippen molar-refractivity contribution in [2.24, 2.45) is 5.92 Å². The van der Waals surface area contributed by atoms with E-state index in [-0.39, 0.29) is 18.3 Å². The zero-order valence-electron chi connectivity index (χ0n) is 15.4. The predicted molar refractivity (Wildman–Crippen MR) is 96.7 cm³/mol. The summed E-state index contributed by atoms with van der Waals surface area (Å²) in [5.41, 5.74) is 0.722. The number of nitrogens with one attached hydrogen (secondary N) is 1. The highest BCUT2D eigenvalue weighted by Gasteiger charge is 2.23. The molecule has 0 saturated heterocycles. The van der Waals surface area contributed by atoms with Gasteiger partial charge in [0.2, 0.25) is 0 Å². The standard InChI is InChI=1S/C19H24FN3O3/c1-12(10-19(3,4)23-18(24)25)11-26-17-6-5-14(9-15(17)20)16-7-8-21-13(2)22-16/h5-9,12,23H,10-11H2,1-4H3,(H,24,25)/t12-/m0/s1. The van der Waals surface area contributed by atoms with Gasteiger partial charge in [-0.15, -0.1) is 0 Å². The van der Waals surface area contributed by atoms with Crippen LogP contribution in [-0.2, 0) is 0 Å². The number of carboxylic acid groups (broad SMARTS) is 1. The fraction of sp³-hybridized carbons (Fsp3) is 0.421. The van der Waals surface area contributed by atoms with Crippen LogP contribution >= 0.6 is 0 Å².